The lowest BCUT2D eigenvalue weighted by Crippen LogP contribution is -2.06. The molecule has 20 heavy (non-hydrogen) atoms. The van der Waals surface area contributed by atoms with Crippen LogP contribution >= 0.6 is 0 Å². The third-order valence-corrected chi connectivity index (χ3v) is 3.78. The summed E-state index contributed by atoms with van der Waals surface area (Å²) >= 11 is 0. The molecule has 0 aliphatic heterocycles. The van der Waals surface area contributed by atoms with Crippen molar-refractivity contribution in [3.63, 3.8) is 0 Å². The zero-order chi connectivity index (χ0) is 14.1. The van der Waals surface area contributed by atoms with E-state index in [0.29, 0.717) is 6.54 Å². The van der Waals surface area contributed by atoms with Crippen molar-refractivity contribution in [3.8, 4) is 0 Å². The number of rotatable bonds is 4. The minimum Gasteiger partial charge on any atom is -0.340 e. The van der Waals surface area contributed by atoms with Gasteiger partial charge in [0, 0.05) is 24.1 Å². The number of para-hydroxylation sites is 1. The van der Waals surface area contributed by atoms with Crippen LogP contribution in [0.3, 0.4) is 0 Å². The van der Waals surface area contributed by atoms with Gasteiger partial charge in [-0.3, -0.25) is 0 Å². The highest BCUT2D eigenvalue weighted by Gasteiger charge is 2.11. The van der Waals surface area contributed by atoms with E-state index in [-0.39, 0.29) is 0 Å². The summed E-state index contributed by atoms with van der Waals surface area (Å²) in [5.74, 6) is 1.89. The molecule has 0 saturated carbocycles. The lowest BCUT2D eigenvalue weighted by Gasteiger charge is -2.05. The van der Waals surface area contributed by atoms with Gasteiger partial charge in [0.05, 0.1) is 6.54 Å². The molecular formula is C15H19N5. The van der Waals surface area contributed by atoms with E-state index in [1.54, 1.807) is 0 Å². The molecule has 2 aromatic heterocycles. The van der Waals surface area contributed by atoms with Crippen molar-refractivity contribution in [2.24, 2.45) is 12.8 Å². The van der Waals surface area contributed by atoms with Crippen LogP contribution in [0, 0.1) is 6.92 Å². The predicted molar refractivity (Wildman–Crippen MR) is 79.5 cm³/mol. The third-order valence-electron chi connectivity index (χ3n) is 3.78. The third kappa shape index (κ3) is 2.10. The molecule has 0 spiro atoms. The molecule has 0 aliphatic rings. The molecule has 0 unspecified atom stereocenters. The number of hydrogen-bond acceptors (Lipinski definition) is 3. The molecule has 0 amide bonds. The van der Waals surface area contributed by atoms with E-state index in [2.05, 4.69) is 45.2 Å². The van der Waals surface area contributed by atoms with E-state index >= 15 is 0 Å². The van der Waals surface area contributed by atoms with Crippen LogP contribution in [0.15, 0.2) is 30.5 Å². The van der Waals surface area contributed by atoms with E-state index in [1.807, 2.05) is 18.5 Å². The molecule has 0 bridgehead atoms. The largest absolute Gasteiger partial charge is 0.340 e. The monoisotopic (exact) mass is 269 g/mol. The zero-order valence-corrected chi connectivity index (χ0v) is 11.9. The average Bonchev–Trinajstić information content (AvgIpc) is 2.96. The van der Waals surface area contributed by atoms with Gasteiger partial charge in [-0.05, 0) is 31.5 Å². The second-order valence-electron chi connectivity index (χ2n) is 5.06. The van der Waals surface area contributed by atoms with Gasteiger partial charge >= 0.3 is 0 Å². The first kappa shape index (κ1) is 12.9. The highest BCUT2D eigenvalue weighted by atomic mass is 15.3. The maximum absolute atomic E-state index is 5.71. The summed E-state index contributed by atoms with van der Waals surface area (Å²) in [4.78, 5) is 0. The van der Waals surface area contributed by atoms with Crippen LogP contribution in [0.1, 0.15) is 17.2 Å². The molecule has 1 aromatic carbocycles. The highest BCUT2D eigenvalue weighted by molar-refractivity contribution is 5.84. The van der Waals surface area contributed by atoms with Crippen LogP contribution in [-0.4, -0.2) is 25.9 Å². The Bertz CT molecular complexity index is 738. The Morgan fingerprint density at radius 2 is 2.00 bits per heavy atom. The lowest BCUT2D eigenvalue weighted by atomic mass is 10.1. The fraction of sp³-hybridized carbons (Fsp3) is 0.333. The Morgan fingerprint density at radius 1 is 1.20 bits per heavy atom. The van der Waals surface area contributed by atoms with Crippen molar-refractivity contribution in [3.05, 3.63) is 47.7 Å². The zero-order valence-electron chi connectivity index (χ0n) is 11.9. The number of benzene rings is 1. The molecule has 3 rings (SSSR count). The van der Waals surface area contributed by atoms with Crippen molar-refractivity contribution in [2.45, 2.75) is 19.9 Å². The van der Waals surface area contributed by atoms with E-state index in [0.717, 1.165) is 24.6 Å². The van der Waals surface area contributed by atoms with Crippen molar-refractivity contribution in [1.82, 2.24) is 19.3 Å². The van der Waals surface area contributed by atoms with Gasteiger partial charge in [-0.1, -0.05) is 18.2 Å². The van der Waals surface area contributed by atoms with Crippen LogP contribution in [0.2, 0.25) is 0 Å². The minimum atomic E-state index is 0.664. The normalized spacial score (nSPS) is 11.3. The van der Waals surface area contributed by atoms with Crippen LogP contribution < -0.4 is 5.73 Å². The van der Waals surface area contributed by atoms with E-state index in [9.17, 15) is 0 Å². The van der Waals surface area contributed by atoms with Crippen molar-refractivity contribution in [1.29, 1.82) is 0 Å². The molecule has 5 heteroatoms. The molecular weight excluding hydrogens is 250 g/mol. The number of nitrogens with two attached hydrogens (primary N) is 1. The number of aryl methyl sites for hydroxylation is 1. The lowest BCUT2D eigenvalue weighted by molar-refractivity contribution is 0.706. The Labute approximate surface area is 118 Å². The number of hydrogen-bond donors (Lipinski definition) is 1. The molecule has 0 fully saturated rings. The molecule has 0 saturated heterocycles. The van der Waals surface area contributed by atoms with Crippen LogP contribution in [0.4, 0.5) is 0 Å². The number of nitrogens with zero attached hydrogens (tertiary/aromatic N) is 4. The Hall–Kier alpha value is -2.14. The highest BCUT2D eigenvalue weighted by Crippen LogP contribution is 2.22. The Balaban J connectivity index is 2.05. The average molecular weight is 269 g/mol. The Morgan fingerprint density at radius 3 is 2.70 bits per heavy atom. The van der Waals surface area contributed by atoms with Gasteiger partial charge in [-0.15, -0.1) is 10.2 Å². The molecule has 2 N–H and O–H groups in total. The van der Waals surface area contributed by atoms with Gasteiger partial charge in [0.1, 0.15) is 5.82 Å². The smallest absolute Gasteiger partial charge is 0.152 e. The number of fused-ring (bicyclic) bond motifs is 1. The second-order valence-corrected chi connectivity index (χ2v) is 5.06. The second kappa shape index (κ2) is 5.09. The quantitative estimate of drug-likeness (QED) is 0.783. The fourth-order valence-electron chi connectivity index (χ4n) is 2.55. The van der Waals surface area contributed by atoms with Crippen LogP contribution in [0.5, 0.6) is 0 Å². The van der Waals surface area contributed by atoms with Gasteiger partial charge in [0.25, 0.3) is 0 Å². The summed E-state index contributed by atoms with van der Waals surface area (Å²) in [6, 6.07) is 8.42. The summed E-state index contributed by atoms with van der Waals surface area (Å²) in [5.41, 5.74) is 8.22. The standard InChI is InChI=1S/C15H19N5/c1-11-17-18-15(19(11)2)10-20-9-12(7-8-16)13-5-3-4-6-14(13)20/h3-6,9H,7-8,10,16H2,1-2H3. The van der Waals surface area contributed by atoms with Gasteiger partial charge < -0.3 is 14.9 Å². The van der Waals surface area contributed by atoms with Crippen LogP contribution in [0.25, 0.3) is 10.9 Å². The summed E-state index contributed by atoms with van der Waals surface area (Å²) < 4.78 is 4.25. The first-order valence-electron chi connectivity index (χ1n) is 6.82. The van der Waals surface area contributed by atoms with E-state index in [1.165, 1.54) is 16.5 Å². The molecule has 0 radical (unpaired) electrons. The topological polar surface area (TPSA) is 61.7 Å². The predicted octanol–water partition coefficient (Wildman–Crippen LogP) is 1.63. The molecule has 0 atom stereocenters. The summed E-state index contributed by atoms with van der Waals surface area (Å²) in [6.45, 7) is 3.35. The maximum atomic E-state index is 5.71. The summed E-state index contributed by atoms with van der Waals surface area (Å²) in [5, 5.41) is 9.63. The van der Waals surface area contributed by atoms with Crippen molar-refractivity contribution in [2.75, 3.05) is 6.54 Å². The SMILES string of the molecule is Cc1nnc(Cn2cc(CCN)c3ccccc32)n1C. The first-order chi connectivity index (χ1) is 9.70. The van der Waals surface area contributed by atoms with Gasteiger partial charge in [-0.2, -0.15) is 0 Å². The van der Waals surface area contributed by atoms with Crippen molar-refractivity contribution < 1.29 is 0 Å². The molecule has 5 nitrogen and oxygen atoms in total. The van der Waals surface area contributed by atoms with Crippen molar-refractivity contribution >= 4 is 10.9 Å². The van der Waals surface area contributed by atoms with E-state index in [4.69, 9.17) is 5.73 Å². The Kier molecular flexibility index (Phi) is 3.28. The van der Waals surface area contributed by atoms with Gasteiger partial charge in [-0.25, -0.2) is 0 Å². The van der Waals surface area contributed by atoms with E-state index < -0.39 is 0 Å². The minimum absolute atomic E-state index is 0.664. The molecule has 2 heterocycles. The molecule has 3 aromatic rings. The first-order valence-corrected chi connectivity index (χ1v) is 6.82. The van der Waals surface area contributed by atoms with Gasteiger partial charge in [0.2, 0.25) is 0 Å². The summed E-state index contributed by atoms with van der Waals surface area (Å²) in [7, 11) is 2.00. The molecule has 104 valence electrons. The fourth-order valence-corrected chi connectivity index (χ4v) is 2.55. The molecule has 0 aliphatic carbocycles. The summed E-state index contributed by atoms with van der Waals surface area (Å²) in [6.07, 6.45) is 3.08. The van der Waals surface area contributed by atoms with Crippen LogP contribution in [-0.2, 0) is 20.0 Å². The van der Waals surface area contributed by atoms with Gasteiger partial charge in [0.15, 0.2) is 5.82 Å². The number of aromatic nitrogens is 4. The maximum Gasteiger partial charge on any atom is 0.152 e.